The van der Waals surface area contributed by atoms with Crippen LogP contribution in [0.3, 0.4) is 0 Å². The zero-order valence-corrected chi connectivity index (χ0v) is 12.2. The lowest BCUT2D eigenvalue weighted by atomic mass is 10.2. The van der Waals surface area contributed by atoms with Gasteiger partial charge in [0.25, 0.3) is 0 Å². The first-order valence-electron chi connectivity index (χ1n) is 6.62. The van der Waals surface area contributed by atoms with Gasteiger partial charge in [0.05, 0.1) is 6.61 Å². The van der Waals surface area contributed by atoms with E-state index in [9.17, 15) is 0 Å². The summed E-state index contributed by atoms with van der Waals surface area (Å²) in [5.74, 6) is 0.829. The Kier molecular flexibility index (Phi) is 7.82. The minimum Gasteiger partial charge on any atom is -0.491 e. The molecule has 1 aliphatic rings. The van der Waals surface area contributed by atoms with Crippen molar-refractivity contribution < 1.29 is 9.84 Å². The van der Waals surface area contributed by atoms with Gasteiger partial charge in [0.1, 0.15) is 12.4 Å². The van der Waals surface area contributed by atoms with E-state index in [0.29, 0.717) is 6.61 Å². The zero-order valence-electron chi connectivity index (χ0n) is 11.4. The topological polar surface area (TPSA) is 58.7 Å². The molecular weight excluding hydrogens is 264 g/mol. The maximum atomic E-state index is 8.80. The number of likely N-dealkylation sites (tertiary alicyclic amines) is 1. The fourth-order valence-corrected chi connectivity index (χ4v) is 2.34. The predicted octanol–water partition coefficient (Wildman–Crippen LogP) is 1.88. The standard InChI is InChI=1S/C13H18ClNO2.CH5N/c14-12-3-4-13(17-8-7-16)11(9-12)10-15-5-1-2-6-15;1-2/h3-4,9,16H,1-2,5-8,10H2;2H2,1H3. The van der Waals surface area contributed by atoms with Crippen LogP contribution in [0.1, 0.15) is 18.4 Å². The number of hydrogen-bond donors (Lipinski definition) is 2. The maximum Gasteiger partial charge on any atom is 0.124 e. The number of ether oxygens (including phenoxy) is 1. The molecule has 0 unspecified atom stereocenters. The van der Waals surface area contributed by atoms with Gasteiger partial charge < -0.3 is 15.6 Å². The molecular formula is C14H23ClN2O2. The second-order valence-corrected chi connectivity index (χ2v) is 4.74. The highest BCUT2D eigenvalue weighted by Gasteiger charge is 2.14. The number of nitrogens with two attached hydrogens (primary N) is 1. The molecule has 5 heteroatoms. The van der Waals surface area contributed by atoms with Crippen LogP contribution in [0.25, 0.3) is 0 Å². The van der Waals surface area contributed by atoms with Crippen molar-refractivity contribution in [3.8, 4) is 5.75 Å². The molecule has 1 aliphatic heterocycles. The van der Waals surface area contributed by atoms with Crippen molar-refractivity contribution in [1.29, 1.82) is 0 Å². The Hall–Kier alpha value is -0.810. The smallest absolute Gasteiger partial charge is 0.124 e. The highest BCUT2D eigenvalue weighted by molar-refractivity contribution is 6.30. The molecule has 0 aliphatic carbocycles. The van der Waals surface area contributed by atoms with Crippen LogP contribution in [0.2, 0.25) is 5.02 Å². The van der Waals surface area contributed by atoms with Gasteiger partial charge in [0, 0.05) is 17.1 Å². The van der Waals surface area contributed by atoms with E-state index in [1.807, 2.05) is 18.2 Å². The largest absolute Gasteiger partial charge is 0.491 e. The summed E-state index contributed by atoms with van der Waals surface area (Å²) in [5.41, 5.74) is 5.60. The van der Waals surface area contributed by atoms with Crippen LogP contribution >= 0.6 is 11.6 Å². The lowest BCUT2D eigenvalue weighted by molar-refractivity contribution is 0.198. The van der Waals surface area contributed by atoms with E-state index in [-0.39, 0.29) is 6.61 Å². The van der Waals surface area contributed by atoms with Crippen LogP contribution in [-0.2, 0) is 6.54 Å². The highest BCUT2D eigenvalue weighted by atomic mass is 35.5. The molecule has 0 atom stereocenters. The van der Waals surface area contributed by atoms with Crippen LogP contribution in [-0.4, -0.2) is 43.4 Å². The molecule has 1 fully saturated rings. The molecule has 108 valence electrons. The molecule has 2 rings (SSSR count). The lowest BCUT2D eigenvalue weighted by Crippen LogP contribution is -2.19. The summed E-state index contributed by atoms with van der Waals surface area (Å²) < 4.78 is 5.52. The fraction of sp³-hybridized carbons (Fsp3) is 0.571. The monoisotopic (exact) mass is 286 g/mol. The minimum atomic E-state index is 0.0335. The summed E-state index contributed by atoms with van der Waals surface area (Å²) in [4.78, 5) is 2.40. The molecule has 1 aromatic rings. The van der Waals surface area contributed by atoms with Crippen LogP contribution in [0.15, 0.2) is 18.2 Å². The number of nitrogens with zero attached hydrogens (tertiary/aromatic N) is 1. The van der Waals surface area contributed by atoms with E-state index in [1.54, 1.807) is 0 Å². The van der Waals surface area contributed by atoms with Gasteiger partial charge in [-0.1, -0.05) is 11.6 Å². The van der Waals surface area contributed by atoms with Gasteiger partial charge in [-0.25, -0.2) is 0 Å². The Morgan fingerprint density at radius 2 is 2.00 bits per heavy atom. The molecule has 19 heavy (non-hydrogen) atoms. The van der Waals surface area contributed by atoms with Crippen molar-refractivity contribution in [3.63, 3.8) is 0 Å². The van der Waals surface area contributed by atoms with E-state index in [0.717, 1.165) is 36.0 Å². The van der Waals surface area contributed by atoms with Gasteiger partial charge >= 0.3 is 0 Å². The normalized spacial score (nSPS) is 14.9. The van der Waals surface area contributed by atoms with Gasteiger partial charge in [-0.3, -0.25) is 4.90 Å². The van der Waals surface area contributed by atoms with Crippen LogP contribution in [0, 0.1) is 0 Å². The molecule has 0 radical (unpaired) electrons. The van der Waals surface area contributed by atoms with Gasteiger partial charge in [0.15, 0.2) is 0 Å². The SMILES string of the molecule is CN.OCCOc1ccc(Cl)cc1CN1CCCC1. The molecule has 3 N–H and O–H groups in total. The Morgan fingerprint density at radius 1 is 1.32 bits per heavy atom. The molecule has 4 nitrogen and oxygen atoms in total. The molecule has 0 amide bonds. The van der Waals surface area contributed by atoms with Crippen LogP contribution in [0.5, 0.6) is 5.75 Å². The summed E-state index contributed by atoms with van der Waals surface area (Å²) in [6.07, 6.45) is 2.54. The first-order valence-corrected chi connectivity index (χ1v) is 6.99. The lowest BCUT2D eigenvalue weighted by Gasteiger charge is -2.17. The Bertz CT molecular complexity index is 368. The van der Waals surface area contributed by atoms with E-state index in [4.69, 9.17) is 21.4 Å². The predicted molar refractivity (Wildman–Crippen MR) is 78.7 cm³/mol. The third kappa shape index (κ3) is 5.37. The van der Waals surface area contributed by atoms with Crippen molar-refractivity contribution in [1.82, 2.24) is 4.90 Å². The van der Waals surface area contributed by atoms with Crippen molar-refractivity contribution in [2.45, 2.75) is 19.4 Å². The van der Waals surface area contributed by atoms with Gasteiger partial charge in [0.2, 0.25) is 0 Å². The number of benzene rings is 1. The molecule has 0 saturated carbocycles. The summed E-state index contributed by atoms with van der Waals surface area (Å²) in [6, 6.07) is 5.65. The minimum absolute atomic E-state index is 0.0335. The second kappa shape index (κ2) is 9.15. The molecule has 0 bridgehead atoms. The third-order valence-electron chi connectivity index (χ3n) is 2.96. The summed E-state index contributed by atoms with van der Waals surface area (Å²) in [6.45, 7) is 3.53. The molecule has 1 heterocycles. The van der Waals surface area contributed by atoms with E-state index >= 15 is 0 Å². The van der Waals surface area contributed by atoms with Gasteiger partial charge in [-0.2, -0.15) is 0 Å². The summed E-state index contributed by atoms with van der Waals surface area (Å²) in [7, 11) is 1.50. The van der Waals surface area contributed by atoms with Crippen molar-refractivity contribution >= 4 is 11.6 Å². The third-order valence-corrected chi connectivity index (χ3v) is 3.20. The molecule has 1 aromatic carbocycles. The Morgan fingerprint density at radius 3 is 2.63 bits per heavy atom. The number of hydrogen-bond acceptors (Lipinski definition) is 4. The fourth-order valence-electron chi connectivity index (χ4n) is 2.15. The summed E-state index contributed by atoms with van der Waals surface area (Å²) >= 11 is 6.01. The van der Waals surface area contributed by atoms with Gasteiger partial charge in [-0.15, -0.1) is 0 Å². The first-order chi connectivity index (χ1) is 9.29. The molecule has 0 spiro atoms. The van der Waals surface area contributed by atoms with E-state index < -0.39 is 0 Å². The number of aliphatic hydroxyl groups is 1. The number of aliphatic hydroxyl groups excluding tert-OH is 1. The van der Waals surface area contributed by atoms with E-state index in [1.165, 1.54) is 19.9 Å². The number of rotatable bonds is 5. The Labute approximate surface area is 120 Å². The molecule has 0 aromatic heterocycles. The van der Waals surface area contributed by atoms with Crippen LogP contribution < -0.4 is 10.5 Å². The average Bonchev–Trinajstić information content (AvgIpc) is 2.93. The summed E-state index contributed by atoms with van der Waals surface area (Å²) in [5, 5.41) is 9.53. The zero-order chi connectivity index (χ0) is 14.1. The molecule has 1 saturated heterocycles. The first kappa shape index (κ1) is 16.2. The van der Waals surface area contributed by atoms with Crippen molar-refractivity contribution in [2.75, 3.05) is 33.4 Å². The quantitative estimate of drug-likeness (QED) is 0.868. The Balaban J connectivity index is 0.000000861. The average molecular weight is 287 g/mol. The maximum absolute atomic E-state index is 8.80. The van der Waals surface area contributed by atoms with Crippen molar-refractivity contribution in [3.05, 3.63) is 28.8 Å². The number of halogens is 1. The second-order valence-electron chi connectivity index (χ2n) is 4.31. The highest BCUT2D eigenvalue weighted by Crippen LogP contribution is 2.25. The van der Waals surface area contributed by atoms with Gasteiger partial charge in [-0.05, 0) is 51.2 Å². The van der Waals surface area contributed by atoms with Crippen LogP contribution in [0.4, 0.5) is 0 Å². The van der Waals surface area contributed by atoms with E-state index in [2.05, 4.69) is 10.6 Å². The van der Waals surface area contributed by atoms with Crippen molar-refractivity contribution in [2.24, 2.45) is 5.73 Å².